The van der Waals surface area contributed by atoms with Crippen LogP contribution in [0.3, 0.4) is 0 Å². The van der Waals surface area contributed by atoms with Crippen molar-refractivity contribution in [2.45, 2.75) is 25.2 Å². The molecular formula is C17H19FN2O3S. The molecule has 0 aliphatic heterocycles. The summed E-state index contributed by atoms with van der Waals surface area (Å²) >= 11 is 0. The van der Waals surface area contributed by atoms with E-state index in [4.69, 9.17) is 0 Å². The normalized spacial score (nSPS) is 11.1. The lowest BCUT2D eigenvalue weighted by Gasteiger charge is -2.14. The van der Waals surface area contributed by atoms with Gasteiger partial charge in [0.15, 0.2) is 0 Å². The molecule has 0 aliphatic rings. The quantitative estimate of drug-likeness (QED) is 0.841. The maximum Gasteiger partial charge on any atom is 0.262 e. The summed E-state index contributed by atoms with van der Waals surface area (Å²) in [6, 6.07) is 9.77. The van der Waals surface area contributed by atoms with Gasteiger partial charge in [0, 0.05) is 6.54 Å². The Balaban J connectivity index is 2.35. The molecule has 1 amide bonds. The lowest BCUT2D eigenvalue weighted by molar-refractivity contribution is 0.0954. The van der Waals surface area contributed by atoms with E-state index in [9.17, 15) is 17.6 Å². The second-order valence-electron chi connectivity index (χ2n) is 5.32. The topological polar surface area (TPSA) is 75.3 Å². The Hall–Kier alpha value is -2.41. The fraction of sp³-hybridized carbons (Fsp3) is 0.235. The molecule has 24 heavy (non-hydrogen) atoms. The standard InChI is InChI=1S/C17H19FN2O3S/c1-3-10-19-17(21)14-6-4-5-7-15(14)20-24(22,23)16-9-8-13(18)11-12(16)2/h4-9,11,20H,3,10H2,1-2H3,(H,19,21). The molecule has 0 saturated heterocycles. The summed E-state index contributed by atoms with van der Waals surface area (Å²) < 4.78 is 40.7. The van der Waals surface area contributed by atoms with Gasteiger partial charge in [0.1, 0.15) is 5.82 Å². The molecule has 0 unspecified atom stereocenters. The highest BCUT2D eigenvalue weighted by Gasteiger charge is 2.20. The Kier molecular flexibility index (Phi) is 5.56. The molecular weight excluding hydrogens is 331 g/mol. The van der Waals surface area contributed by atoms with Gasteiger partial charge in [-0.3, -0.25) is 9.52 Å². The molecule has 0 heterocycles. The van der Waals surface area contributed by atoms with E-state index >= 15 is 0 Å². The van der Waals surface area contributed by atoms with Crippen LogP contribution in [0.25, 0.3) is 0 Å². The molecule has 0 atom stereocenters. The first-order chi connectivity index (χ1) is 11.3. The fourth-order valence-corrected chi connectivity index (χ4v) is 3.53. The predicted octanol–water partition coefficient (Wildman–Crippen LogP) is 3.07. The first kappa shape index (κ1) is 17.9. The number of carbonyl (C=O) groups excluding carboxylic acids is 1. The molecule has 2 N–H and O–H groups in total. The van der Waals surface area contributed by atoms with Gasteiger partial charge in [-0.05, 0) is 49.2 Å². The van der Waals surface area contributed by atoms with Crippen LogP contribution in [0, 0.1) is 12.7 Å². The summed E-state index contributed by atoms with van der Waals surface area (Å²) in [5, 5.41) is 2.71. The Labute approximate surface area is 141 Å². The molecule has 0 bridgehead atoms. The number of anilines is 1. The van der Waals surface area contributed by atoms with Gasteiger partial charge in [0.05, 0.1) is 16.1 Å². The van der Waals surface area contributed by atoms with Crippen LogP contribution in [0.4, 0.5) is 10.1 Å². The van der Waals surface area contributed by atoms with E-state index in [0.29, 0.717) is 6.54 Å². The average Bonchev–Trinajstić information content (AvgIpc) is 2.52. The van der Waals surface area contributed by atoms with E-state index in [-0.39, 0.29) is 27.6 Å². The zero-order chi connectivity index (χ0) is 17.7. The summed E-state index contributed by atoms with van der Waals surface area (Å²) in [5.74, 6) is -0.864. The largest absolute Gasteiger partial charge is 0.352 e. The maximum absolute atomic E-state index is 13.2. The van der Waals surface area contributed by atoms with Crippen molar-refractivity contribution < 1.29 is 17.6 Å². The fourth-order valence-electron chi connectivity index (χ4n) is 2.22. The summed E-state index contributed by atoms with van der Waals surface area (Å²) in [6.45, 7) is 3.93. The third-order valence-corrected chi connectivity index (χ3v) is 4.90. The molecule has 0 saturated carbocycles. The molecule has 0 aromatic heterocycles. The number of aryl methyl sites for hydroxylation is 1. The second kappa shape index (κ2) is 7.44. The molecule has 2 rings (SSSR count). The van der Waals surface area contributed by atoms with E-state index in [1.54, 1.807) is 18.2 Å². The molecule has 2 aromatic rings. The molecule has 128 valence electrons. The van der Waals surface area contributed by atoms with Crippen LogP contribution in [0.2, 0.25) is 0 Å². The second-order valence-corrected chi connectivity index (χ2v) is 6.97. The van der Waals surface area contributed by atoms with Crippen molar-refractivity contribution in [1.29, 1.82) is 0 Å². The van der Waals surface area contributed by atoms with Crippen molar-refractivity contribution in [3.63, 3.8) is 0 Å². The Morgan fingerprint density at radius 2 is 1.88 bits per heavy atom. The highest BCUT2D eigenvalue weighted by molar-refractivity contribution is 7.92. The van der Waals surface area contributed by atoms with Gasteiger partial charge in [-0.1, -0.05) is 19.1 Å². The number of rotatable bonds is 6. The summed E-state index contributed by atoms with van der Waals surface area (Å²) in [7, 11) is -3.93. The van der Waals surface area contributed by atoms with Crippen molar-refractivity contribution >= 4 is 21.6 Å². The monoisotopic (exact) mass is 350 g/mol. The molecule has 0 aliphatic carbocycles. The van der Waals surface area contributed by atoms with Gasteiger partial charge >= 0.3 is 0 Å². The van der Waals surface area contributed by atoms with Crippen LogP contribution in [0.1, 0.15) is 29.3 Å². The highest BCUT2D eigenvalue weighted by Crippen LogP contribution is 2.22. The third-order valence-electron chi connectivity index (χ3n) is 3.38. The average molecular weight is 350 g/mol. The van der Waals surface area contributed by atoms with E-state index in [1.807, 2.05) is 6.92 Å². The Bertz CT molecular complexity index is 851. The minimum atomic E-state index is -3.93. The van der Waals surface area contributed by atoms with Gasteiger partial charge in [-0.25, -0.2) is 12.8 Å². The number of hydrogen-bond acceptors (Lipinski definition) is 3. The van der Waals surface area contributed by atoms with E-state index in [0.717, 1.165) is 18.6 Å². The van der Waals surface area contributed by atoms with Crippen LogP contribution < -0.4 is 10.0 Å². The van der Waals surface area contributed by atoms with Crippen molar-refractivity contribution in [2.24, 2.45) is 0 Å². The van der Waals surface area contributed by atoms with Crippen molar-refractivity contribution in [3.05, 3.63) is 59.4 Å². The Morgan fingerprint density at radius 3 is 2.54 bits per heavy atom. The number of benzene rings is 2. The van der Waals surface area contributed by atoms with Crippen molar-refractivity contribution in [2.75, 3.05) is 11.3 Å². The molecule has 0 radical (unpaired) electrons. The zero-order valence-corrected chi connectivity index (χ0v) is 14.3. The molecule has 0 spiro atoms. The van der Waals surface area contributed by atoms with E-state index in [2.05, 4.69) is 10.0 Å². The third kappa shape index (κ3) is 4.11. The molecule has 7 heteroatoms. The van der Waals surface area contributed by atoms with Crippen LogP contribution in [0.15, 0.2) is 47.4 Å². The smallest absolute Gasteiger partial charge is 0.262 e. The first-order valence-electron chi connectivity index (χ1n) is 7.51. The molecule has 0 fully saturated rings. The first-order valence-corrected chi connectivity index (χ1v) is 8.99. The van der Waals surface area contributed by atoms with Crippen molar-refractivity contribution in [1.82, 2.24) is 5.32 Å². The predicted molar refractivity (Wildman–Crippen MR) is 91.0 cm³/mol. The van der Waals surface area contributed by atoms with Gasteiger partial charge < -0.3 is 5.32 Å². The maximum atomic E-state index is 13.2. The van der Waals surface area contributed by atoms with Gasteiger partial charge in [0.25, 0.3) is 15.9 Å². The lowest BCUT2D eigenvalue weighted by atomic mass is 10.1. The minimum absolute atomic E-state index is 0.0346. The number of sulfonamides is 1. The van der Waals surface area contributed by atoms with Gasteiger partial charge in [-0.2, -0.15) is 0 Å². The number of halogens is 1. The lowest BCUT2D eigenvalue weighted by Crippen LogP contribution is -2.26. The number of carbonyl (C=O) groups is 1. The van der Waals surface area contributed by atoms with Crippen LogP contribution in [-0.2, 0) is 10.0 Å². The molecule has 2 aromatic carbocycles. The number of amides is 1. The van der Waals surface area contributed by atoms with Crippen LogP contribution >= 0.6 is 0 Å². The summed E-state index contributed by atoms with van der Waals surface area (Å²) in [5.41, 5.74) is 0.694. The minimum Gasteiger partial charge on any atom is -0.352 e. The summed E-state index contributed by atoms with van der Waals surface area (Å²) in [4.78, 5) is 12.1. The van der Waals surface area contributed by atoms with Crippen LogP contribution in [0.5, 0.6) is 0 Å². The zero-order valence-electron chi connectivity index (χ0n) is 13.5. The number of nitrogens with one attached hydrogen (secondary N) is 2. The van der Waals surface area contributed by atoms with Crippen LogP contribution in [-0.4, -0.2) is 20.9 Å². The molecule has 5 nitrogen and oxygen atoms in total. The van der Waals surface area contributed by atoms with E-state index < -0.39 is 15.8 Å². The SMILES string of the molecule is CCCNC(=O)c1ccccc1NS(=O)(=O)c1ccc(F)cc1C. The number of hydrogen-bond donors (Lipinski definition) is 2. The van der Waals surface area contributed by atoms with Gasteiger partial charge in [0.2, 0.25) is 0 Å². The highest BCUT2D eigenvalue weighted by atomic mass is 32.2. The van der Waals surface area contributed by atoms with Crippen molar-refractivity contribution in [3.8, 4) is 0 Å². The summed E-state index contributed by atoms with van der Waals surface area (Å²) in [6.07, 6.45) is 0.772. The van der Waals surface area contributed by atoms with Gasteiger partial charge in [-0.15, -0.1) is 0 Å². The van der Waals surface area contributed by atoms with E-state index in [1.165, 1.54) is 19.1 Å². The Morgan fingerprint density at radius 1 is 1.17 bits per heavy atom. The number of para-hydroxylation sites is 1.